The van der Waals surface area contributed by atoms with Gasteiger partial charge in [-0.05, 0) is 50.5 Å². The van der Waals surface area contributed by atoms with Crippen LogP contribution in [0.2, 0.25) is 0 Å². The van der Waals surface area contributed by atoms with Gasteiger partial charge < -0.3 is 10.4 Å². The molecular formula is C16H22N2O5S. The van der Waals surface area contributed by atoms with E-state index in [9.17, 15) is 23.1 Å². The van der Waals surface area contributed by atoms with Crippen molar-refractivity contribution in [1.82, 2.24) is 5.32 Å². The fraction of sp³-hybridized carbons (Fsp3) is 0.500. The molecule has 1 aliphatic heterocycles. The summed E-state index contributed by atoms with van der Waals surface area (Å²) in [5.74, 6) is -1.59. The summed E-state index contributed by atoms with van der Waals surface area (Å²) in [4.78, 5) is 23.7. The van der Waals surface area contributed by atoms with E-state index >= 15 is 0 Å². The van der Waals surface area contributed by atoms with Gasteiger partial charge in [0.05, 0.1) is 11.9 Å². The third kappa shape index (κ3) is 3.24. The highest BCUT2D eigenvalue weighted by molar-refractivity contribution is 7.92. The number of nitrogens with zero attached hydrogens (tertiary/aromatic N) is 1. The standard InChI is InChI=1S/C16H22N2O5S/c1-5-16(3,15(20)21)17-14(19)11-6-7-13-12(9-11)8-10(2)18(13)24(4,22)23/h6-7,9-10H,5,8H2,1-4H3,(H,17,19)(H,20,21)/t10-,16+/m1/s1. The summed E-state index contributed by atoms with van der Waals surface area (Å²) in [7, 11) is -3.39. The minimum absolute atomic E-state index is 0.215. The number of carboxylic acid groups (broad SMARTS) is 1. The van der Waals surface area contributed by atoms with E-state index in [4.69, 9.17) is 0 Å². The Bertz CT molecular complexity index is 790. The molecule has 1 aromatic carbocycles. The van der Waals surface area contributed by atoms with Gasteiger partial charge >= 0.3 is 5.97 Å². The zero-order valence-electron chi connectivity index (χ0n) is 14.2. The third-order valence-electron chi connectivity index (χ3n) is 4.42. The van der Waals surface area contributed by atoms with Crippen molar-refractivity contribution >= 4 is 27.6 Å². The molecule has 0 aliphatic carbocycles. The molecule has 0 fully saturated rings. The second-order valence-corrected chi connectivity index (χ2v) is 8.26. The van der Waals surface area contributed by atoms with Crippen LogP contribution in [0.4, 0.5) is 5.69 Å². The number of hydrogen-bond acceptors (Lipinski definition) is 4. The molecule has 2 N–H and O–H groups in total. The Balaban J connectivity index is 2.32. The first-order valence-corrected chi connectivity index (χ1v) is 9.52. The van der Waals surface area contributed by atoms with Crippen molar-refractivity contribution in [1.29, 1.82) is 0 Å². The quantitative estimate of drug-likeness (QED) is 0.831. The SMILES string of the molecule is CC[C@](C)(NC(=O)c1ccc2c(c1)C[C@@H](C)N2S(C)(=O)=O)C(=O)O. The van der Waals surface area contributed by atoms with E-state index in [2.05, 4.69) is 5.32 Å². The van der Waals surface area contributed by atoms with E-state index in [-0.39, 0.29) is 12.5 Å². The second kappa shape index (κ2) is 6.08. The minimum Gasteiger partial charge on any atom is -0.480 e. The van der Waals surface area contributed by atoms with Crippen LogP contribution in [0.1, 0.15) is 43.1 Å². The van der Waals surface area contributed by atoms with Gasteiger partial charge in [-0.1, -0.05) is 6.92 Å². The van der Waals surface area contributed by atoms with Crippen LogP contribution in [0, 0.1) is 0 Å². The van der Waals surface area contributed by atoms with Crippen LogP contribution in [-0.4, -0.2) is 43.2 Å². The average Bonchev–Trinajstić information content (AvgIpc) is 2.81. The number of rotatable bonds is 5. The van der Waals surface area contributed by atoms with Crippen LogP contribution in [0.3, 0.4) is 0 Å². The molecule has 7 nitrogen and oxygen atoms in total. The van der Waals surface area contributed by atoms with E-state index < -0.39 is 27.4 Å². The Morgan fingerprint density at radius 3 is 2.54 bits per heavy atom. The monoisotopic (exact) mass is 354 g/mol. The molecule has 1 amide bonds. The lowest BCUT2D eigenvalue weighted by molar-refractivity contribution is -0.143. The molecule has 132 valence electrons. The smallest absolute Gasteiger partial charge is 0.329 e. The van der Waals surface area contributed by atoms with Gasteiger partial charge in [0.15, 0.2) is 0 Å². The second-order valence-electron chi connectivity index (χ2n) is 6.40. The molecule has 0 aromatic heterocycles. The Kier molecular flexibility index (Phi) is 4.63. The summed E-state index contributed by atoms with van der Waals surface area (Å²) < 4.78 is 25.2. The molecule has 0 bridgehead atoms. The number of hydrogen-bond donors (Lipinski definition) is 2. The van der Waals surface area contributed by atoms with Gasteiger partial charge in [0.1, 0.15) is 5.54 Å². The number of amides is 1. The van der Waals surface area contributed by atoms with Gasteiger partial charge in [-0.15, -0.1) is 0 Å². The maximum absolute atomic E-state index is 12.4. The molecule has 24 heavy (non-hydrogen) atoms. The lowest BCUT2D eigenvalue weighted by Gasteiger charge is -2.25. The molecule has 2 rings (SSSR count). The predicted octanol–water partition coefficient (Wildman–Crippen LogP) is 1.38. The van der Waals surface area contributed by atoms with Crippen molar-refractivity contribution in [3.63, 3.8) is 0 Å². The highest BCUT2D eigenvalue weighted by Gasteiger charge is 2.35. The molecule has 1 aromatic rings. The van der Waals surface area contributed by atoms with Crippen LogP contribution < -0.4 is 9.62 Å². The van der Waals surface area contributed by atoms with Crippen LogP contribution in [0.25, 0.3) is 0 Å². The van der Waals surface area contributed by atoms with Gasteiger partial charge in [-0.3, -0.25) is 9.10 Å². The highest BCUT2D eigenvalue weighted by atomic mass is 32.2. The van der Waals surface area contributed by atoms with Crippen LogP contribution >= 0.6 is 0 Å². The average molecular weight is 354 g/mol. The van der Waals surface area contributed by atoms with Crippen LogP contribution in [0.15, 0.2) is 18.2 Å². The number of aliphatic carboxylic acids is 1. The van der Waals surface area contributed by atoms with Crippen molar-refractivity contribution < 1.29 is 23.1 Å². The van der Waals surface area contributed by atoms with Gasteiger partial charge in [0, 0.05) is 11.6 Å². The summed E-state index contributed by atoms with van der Waals surface area (Å²) in [5.41, 5.74) is 0.298. The highest BCUT2D eigenvalue weighted by Crippen LogP contribution is 2.34. The minimum atomic E-state index is -3.39. The number of nitrogens with one attached hydrogen (secondary N) is 1. The third-order valence-corrected chi connectivity index (χ3v) is 5.69. The maximum Gasteiger partial charge on any atom is 0.329 e. The first kappa shape index (κ1) is 18.3. The molecule has 2 atom stereocenters. The van der Waals surface area contributed by atoms with Crippen LogP contribution in [0.5, 0.6) is 0 Å². The van der Waals surface area contributed by atoms with Crippen molar-refractivity contribution in [2.45, 2.75) is 45.2 Å². The first-order chi connectivity index (χ1) is 11.0. The largest absolute Gasteiger partial charge is 0.480 e. The Labute approximate surface area is 141 Å². The number of fused-ring (bicyclic) bond motifs is 1. The number of carboxylic acids is 1. The van der Waals surface area contributed by atoms with Gasteiger partial charge in [-0.25, -0.2) is 13.2 Å². The van der Waals surface area contributed by atoms with Gasteiger partial charge in [0.2, 0.25) is 10.0 Å². The number of anilines is 1. The molecule has 0 saturated heterocycles. The van der Waals surface area contributed by atoms with E-state index in [0.29, 0.717) is 17.7 Å². The van der Waals surface area contributed by atoms with E-state index in [1.165, 1.54) is 17.3 Å². The molecule has 0 saturated carbocycles. The topological polar surface area (TPSA) is 104 Å². The van der Waals surface area contributed by atoms with Crippen molar-refractivity contribution in [3.05, 3.63) is 29.3 Å². The lowest BCUT2D eigenvalue weighted by Crippen LogP contribution is -2.51. The molecular weight excluding hydrogens is 332 g/mol. The molecule has 1 aliphatic rings. The fourth-order valence-corrected chi connectivity index (χ4v) is 4.13. The molecule has 0 spiro atoms. The van der Waals surface area contributed by atoms with Gasteiger partial charge in [0.25, 0.3) is 5.91 Å². The van der Waals surface area contributed by atoms with Crippen molar-refractivity contribution in [3.8, 4) is 0 Å². The Hall–Kier alpha value is -2.09. The number of benzene rings is 1. The number of carbonyl (C=O) groups excluding carboxylic acids is 1. The van der Waals surface area contributed by atoms with Crippen molar-refractivity contribution in [2.24, 2.45) is 0 Å². The summed E-state index contributed by atoms with van der Waals surface area (Å²) >= 11 is 0. The lowest BCUT2D eigenvalue weighted by atomic mass is 9.98. The fourth-order valence-electron chi connectivity index (χ4n) is 2.87. The molecule has 8 heteroatoms. The molecule has 1 heterocycles. The van der Waals surface area contributed by atoms with Gasteiger partial charge in [-0.2, -0.15) is 0 Å². The molecule has 0 unspecified atom stereocenters. The zero-order valence-corrected chi connectivity index (χ0v) is 15.0. The zero-order chi connectivity index (χ0) is 18.3. The maximum atomic E-state index is 12.4. The van der Waals surface area contributed by atoms with Crippen LogP contribution in [-0.2, 0) is 21.2 Å². The summed E-state index contributed by atoms with van der Waals surface area (Å²) in [5, 5.41) is 11.8. The Morgan fingerprint density at radius 2 is 2.04 bits per heavy atom. The van der Waals surface area contributed by atoms with Crippen molar-refractivity contribution in [2.75, 3.05) is 10.6 Å². The first-order valence-electron chi connectivity index (χ1n) is 7.68. The summed E-state index contributed by atoms with van der Waals surface area (Å²) in [6.45, 7) is 4.94. The van der Waals surface area contributed by atoms with E-state index in [1.54, 1.807) is 26.0 Å². The van der Waals surface area contributed by atoms with E-state index in [0.717, 1.165) is 11.8 Å². The number of sulfonamides is 1. The number of carbonyl (C=O) groups is 2. The summed E-state index contributed by atoms with van der Waals surface area (Å²) in [6, 6.07) is 4.53. The predicted molar refractivity (Wildman–Crippen MR) is 90.7 cm³/mol. The molecule has 0 radical (unpaired) electrons. The van der Waals surface area contributed by atoms with E-state index in [1.807, 2.05) is 0 Å². The normalized spacial score (nSPS) is 19.5. The Morgan fingerprint density at radius 1 is 1.42 bits per heavy atom. The summed E-state index contributed by atoms with van der Waals surface area (Å²) in [6.07, 6.45) is 1.91.